The number of para-hydroxylation sites is 1. The zero-order valence-electron chi connectivity index (χ0n) is 19.3. The Morgan fingerprint density at radius 3 is 2.47 bits per heavy atom. The summed E-state index contributed by atoms with van der Waals surface area (Å²) in [6.45, 7) is 5.96. The number of amides is 2. The van der Waals surface area contributed by atoms with E-state index in [2.05, 4.69) is 10.2 Å². The molecular weight excluding hydrogens is 456 g/mol. The molecule has 2 aromatic rings. The van der Waals surface area contributed by atoms with Gasteiger partial charge in [-0.05, 0) is 43.7 Å². The molecule has 1 fully saturated rings. The van der Waals surface area contributed by atoms with Gasteiger partial charge in [0, 0.05) is 37.8 Å². The molecule has 182 valence electrons. The lowest BCUT2D eigenvalue weighted by Gasteiger charge is -2.31. The third-order valence-corrected chi connectivity index (χ3v) is 8.34. The van der Waals surface area contributed by atoms with Crippen LogP contribution in [0.15, 0.2) is 53.4 Å². The van der Waals surface area contributed by atoms with Crippen LogP contribution in [0.25, 0.3) is 0 Å². The van der Waals surface area contributed by atoms with E-state index in [9.17, 15) is 18.0 Å². The van der Waals surface area contributed by atoms with Crippen molar-refractivity contribution >= 4 is 27.3 Å². The van der Waals surface area contributed by atoms with Crippen LogP contribution in [0.3, 0.4) is 0 Å². The highest BCUT2D eigenvalue weighted by atomic mass is 32.2. The first-order chi connectivity index (χ1) is 16.2. The van der Waals surface area contributed by atoms with Crippen LogP contribution in [0, 0.1) is 5.92 Å². The van der Waals surface area contributed by atoms with E-state index in [0.717, 1.165) is 5.56 Å². The van der Waals surface area contributed by atoms with Gasteiger partial charge in [-0.1, -0.05) is 24.3 Å². The molecule has 4 rings (SSSR count). The molecule has 3 N–H and O–H groups in total. The van der Waals surface area contributed by atoms with Crippen LogP contribution in [0.2, 0.25) is 0 Å². The van der Waals surface area contributed by atoms with E-state index in [0.29, 0.717) is 42.3 Å². The van der Waals surface area contributed by atoms with E-state index < -0.39 is 27.7 Å². The summed E-state index contributed by atoms with van der Waals surface area (Å²) in [7, 11) is -3.26. The van der Waals surface area contributed by atoms with Gasteiger partial charge in [0.15, 0.2) is 9.84 Å². The van der Waals surface area contributed by atoms with Gasteiger partial charge in [0.2, 0.25) is 5.91 Å². The number of carbonyl (C=O) groups excluding carboxylic acids is 2. The average Bonchev–Trinajstić information content (AvgIpc) is 3.25. The van der Waals surface area contributed by atoms with Crippen LogP contribution in [0.4, 0.5) is 5.69 Å². The van der Waals surface area contributed by atoms with Crippen LogP contribution in [0.5, 0.6) is 0 Å². The molecule has 34 heavy (non-hydrogen) atoms. The molecule has 2 heterocycles. The normalized spacial score (nSPS) is 21.8. The SMILES string of the molecule is CC(C)N1C[C@H](C(=O)NO)[C@H](NC(=O)c2ccc(CN3CCS(=O)(=O)c4ccccc43)cc2)C1. The highest BCUT2D eigenvalue weighted by Gasteiger charge is 2.39. The number of benzene rings is 2. The topological polar surface area (TPSA) is 119 Å². The van der Waals surface area contributed by atoms with Gasteiger partial charge in [-0.2, -0.15) is 0 Å². The van der Waals surface area contributed by atoms with Crippen molar-refractivity contribution in [1.82, 2.24) is 15.7 Å². The van der Waals surface area contributed by atoms with Crippen molar-refractivity contribution in [2.75, 3.05) is 30.3 Å². The largest absolute Gasteiger partial charge is 0.365 e. The Morgan fingerprint density at radius 1 is 1.09 bits per heavy atom. The fourth-order valence-electron chi connectivity index (χ4n) is 4.59. The molecule has 0 aliphatic carbocycles. The first kappa shape index (κ1) is 24.2. The molecule has 2 aliphatic heterocycles. The maximum absolute atomic E-state index is 12.9. The highest BCUT2D eigenvalue weighted by Crippen LogP contribution is 2.31. The summed E-state index contributed by atoms with van der Waals surface area (Å²) >= 11 is 0. The summed E-state index contributed by atoms with van der Waals surface area (Å²) in [6, 6.07) is 14.0. The second-order valence-electron chi connectivity index (χ2n) is 9.12. The highest BCUT2D eigenvalue weighted by molar-refractivity contribution is 7.91. The number of nitrogens with one attached hydrogen (secondary N) is 2. The molecule has 9 nitrogen and oxygen atoms in total. The van der Waals surface area contributed by atoms with E-state index >= 15 is 0 Å². The van der Waals surface area contributed by atoms with Crippen molar-refractivity contribution in [2.24, 2.45) is 5.92 Å². The Hall–Kier alpha value is -2.95. The molecule has 0 bridgehead atoms. The third-order valence-electron chi connectivity index (χ3n) is 6.60. The van der Waals surface area contributed by atoms with Gasteiger partial charge in [-0.25, -0.2) is 13.9 Å². The summed E-state index contributed by atoms with van der Waals surface area (Å²) in [5.41, 5.74) is 3.83. The van der Waals surface area contributed by atoms with Gasteiger partial charge in [0.05, 0.1) is 28.3 Å². The monoisotopic (exact) mass is 486 g/mol. The van der Waals surface area contributed by atoms with Crippen molar-refractivity contribution in [3.05, 3.63) is 59.7 Å². The maximum Gasteiger partial charge on any atom is 0.251 e. The van der Waals surface area contributed by atoms with Crippen LogP contribution in [-0.4, -0.2) is 67.8 Å². The van der Waals surface area contributed by atoms with Crippen molar-refractivity contribution in [3.63, 3.8) is 0 Å². The Balaban J connectivity index is 1.44. The zero-order valence-corrected chi connectivity index (χ0v) is 20.1. The number of anilines is 1. The lowest BCUT2D eigenvalue weighted by molar-refractivity contribution is -0.133. The van der Waals surface area contributed by atoms with Crippen LogP contribution >= 0.6 is 0 Å². The first-order valence-electron chi connectivity index (χ1n) is 11.3. The van der Waals surface area contributed by atoms with E-state index in [1.807, 2.05) is 43.0 Å². The number of rotatable bonds is 6. The molecule has 0 radical (unpaired) electrons. The fraction of sp³-hybridized carbons (Fsp3) is 0.417. The van der Waals surface area contributed by atoms with Crippen LogP contribution in [0.1, 0.15) is 29.8 Å². The predicted octanol–water partition coefficient (Wildman–Crippen LogP) is 1.42. The zero-order chi connectivity index (χ0) is 24.5. The maximum atomic E-state index is 12.9. The molecule has 2 aliphatic rings. The lowest BCUT2D eigenvalue weighted by Crippen LogP contribution is -2.45. The summed E-state index contributed by atoms with van der Waals surface area (Å²) in [5.74, 6) is -1.26. The lowest BCUT2D eigenvalue weighted by atomic mass is 10.0. The Bertz CT molecular complexity index is 1170. The van der Waals surface area contributed by atoms with Gasteiger partial charge >= 0.3 is 0 Å². The molecule has 0 saturated carbocycles. The number of sulfone groups is 1. The molecule has 2 amide bonds. The molecule has 1 saturated heterocycles. The summed E-state index contributed by atoms with van der Waals surface area (Å²) in [4.78, 5) is 29.4. The minimum Gasteiger partial charge on any atom is -0.365 e. The van der Waals surface area contributed by atoms with Crippen molar-refractivity contribution in [2.45, 2.75) is 37.4 Å². The van der Waals surface area contributed by atoms with Crippen molar-refractivity contribution in [3.8, 4) is 0 Å². The van der Waals surface area contributed by atoms with Gasteiger partial charge < -0.3 is 10.2 Å². The molecule has 2 aromatic carbocycles. The average molecular weight is 487 g/mol. The standard InChI is InChI=1S/C24H30N4O5S/c1-16(2)28-14-19(24(30)26-31)20(15-28)25-23(29)18-9-7-17(8-10-18)13-27-11-12-34(32,33)22-6-4-3-5-21(22)27/h3-10,16,19-20,31H,11-15H2,1-2H3,(H,25,29)(H,26,30)/t19-,20+/m0/s1. The van der Waals surface area contributed by atoms with E-state index in [4.69, 9.17) is 5.21 Å². The number of hydrogen-bond acceptors (Lipinski definition) is 7. The smallest absolute Gasteiger partial charge is 0.251 e. The predicted molar refractivity (Wildman–Crippen MR) is 127 cm³/mol. The van der Waals surface area contributed by atoms with Crippen LogP contribution in [-0.2, 0) is 21.2 Å². The number of nitrogens with zero attached hydrogens (tertiary/aromatic N) is 2. The Morgan fingerprint density at radius 2 is 1.79 bits per heavy atom. The van der Waals surface area contributed by atoms with Gasteiger partial charge in [-0.15, -0.1) is 0 Å². The van der Waals surface area contributed by atoms with E-state index in [1.165, 1.54) is 0 Å². The molecular formula is C24H30N4O5S. The Kier molecular flexibility index (Phi) is 6.92. The third kappa shape index (κ3) is 4.94. The minimum atomic E-state index is -3.26. The first-order valence-corrected chi connectivity index (χ1v) is 13.0. The van der Waals surface area contributed by atoms with Gasteiger partial charge in [-0.3, -0.25) is 19.7 Å². The summed E-state index contributed by atoms with van der Waals surface area (Å²) in [6.07, 6.45) is 0. The number of hydrogen-bond donors (Lipinski definition) is 3. The van der Waals surface area contributed by atoms with Crippen LogP contribution < -0.4 is 15.7 Å². The molecule has 0 spiro atoms. The summed E-state index contributed by atoms with van der Waals surface area (Å²) in [5, 5.41) is 12.0. The fourth-order valence-corrected chi connectivity index (χ4v) is 6.07. The molecule has 10 heteroatoms. The number of hydroxylamine groups is 1. The summed E-state index contributed by atoms with van der Waals surface area (Å²) < 4.78 is 24.7. The van der Waals surface area contributed by atoms with Crippen molar-refractivity contribution in [1.29, 1.82) is 0 Å². The van der Waals surface area contributed by atoms with E-state index in [1.54, 1.807) is 29.7 Å². The number of carbonyl (C=O) groups is 2. The number of likely N-dealkylation sites (tertiary alicyclic amines) is 1. The number of fused-ring (bicyclic) bond motifs is 1. The van der Waals surface area contributed by atoms with Gasteiger partial charge in [0.1, 0.15) is 0 Å². The molecule has 0 aromatic heterocycles. The van der Waals surface area contributed by atoms with Gasteiger partial charge in [0.25, 0.3) is 5.91 Å². The quantitative estimate of drug-likeness (QED) is 0.417. The Labute approximate surface area is 199 Å². The molecule has 2 atom stereocenters. The molecule has 0 unspecified atom stereocenters. The second-order valence-corrected chi connectivity index (χ2v) is 11.2. The second kappa shape index (κ2) is 9.73. The van der Waals surface area contributed by atoms with E-state index in [-0.39, 0.29) is 17.7 Å². The minimum absolute atomic E-state index is 0.0713. The van der Waals surface area contributed by atoms with Crippen molar-refractivity contribution < 1.29 is 23.2 Å².